The molecule has 0 fully saturated rings. The molecule has 1 unspecified atom stereocenters. The van der Waals surface area contributed by atoms with Gasteiger partial charge in [0.15, 0.2) is 0 Å². The van der Waals surface area contributed by atoms with Crippen LogP contribution in [0.2, 0.25) is 0 Å². The maximum absolute atomic E-state index is 11.7. The Balaban J connectivity index is 3.31. The fourth-order valence-corrected chi connectivity index (χ4v) is 0.991. The fraction of sp³-hybridized carbons (Fsp3) is 1.00. The van der Waals surface area contributed by atoms with Crippen LogP contribution in [0.1, 0.15) is 20.8 Å². The largest absolute Gasteiger partial charge is 0.389 e. The average Bonchev–Trinajstić information content (AvgIpc) is 2.19. The van der Waals surface area contributed by atoms with Gasteiger partial charge >= 0.3 is 0 Å². The van der Waals surface area contributed by atoms with Gasteiger partial charge in [-0.2, -0.15) is 0 Å². The molecular weight excluding hydrogens is 232 g/mol. The highest BCUT2D eigenvalue weighted by Gasteiger charge is 2.13. The molecule has 0 saturated carbocycles. The highest BCUT2D eigenvalue weighted by Crippen LogP contribution is 2.06. The zero-order valence-corrected chi connectivity index (χ0v) is 10.7. The highest BCUT2D eigenvalue weighted by atomic mass is 19.3. The Morgan fingerprint density at radius 1 is 1.24 bits per heavy atom. The second kappa shape index (κ2) is 8.74. The van der Waals surface area contributed by atoms with Crippen LogP contribution in [0, 0.1) is 0 Å². The van der Waals surface area contributed by atoms with Crippen molar-refractivity contribution in [1.29, 1.82) is 0 Å². The number of rotatable bonds is 9. The third kappa shape index (κ3) is 13.6. The van der Waals surface area contributed by atoms with E-state index in [-0.39, 0.29) is 18.8 Å². The summed E-state index contributed by atoms with van der Waals surface area (Å²) in [7, 11) is 0. The monoisotopic (exact) mass is 255 g/mol. The number of aliphatic hydroxyl groups excluding tert-OH is 1. The summed E-state index contributed by atoms with van der Waals surface area (Å²) >= 11 is 0. The number of alkyl halides is 2. The minimum Gasteiger partial charge on any atom is -0.389 e. The maximum atomic E-state index is 11.7. The first-order valence-corrected chi connectivity index (χ1v) is 5.70. The quantitative estimate of drug-likeness (QED) is 0.604. The van der Waals surface area contributed by atoms with Crippen LogP contribution < -0.4 is 5.32 Å². The summed E-state index contributed by atoms with van der Waals surface area (Å²) in [5.41, 5.74) is -0.276. The molecule has 0 aromatic rings. The molecule has 0 aromatic carbocycles. The van der Waals surface area contributed by atoms with Crippen molar-refractivity contribution in [1.82, 2.24) is 5.32 Å². The van der Waals surface area contributed by atoms with E-state index in [1.807, 2.05) is 20.8 Å². The Hall–Kier alpha value is -0.300. The topological polar surface area (TPSA) is 50.7 Å². The molecule has 0 heterocycles. The lowest BCUT2D eigenvalue weighted by Gasteiger charge is -2.22. The lowest BCUT2D eigenvalue weighted by Crippen LogP contribution is -2.35. The lowest BCUT2D eigenvalue weighted by atomic mass is 10.2. The number of ether oxygens (including phenoxy) is 2. The molecule has 6 heteroatoms. The van der Waals surface area contributed by atoms with Crippen LogP contribution in [0.5, 0.6) is 0 Å². The first-order valence-electron chi connectivity index (χ1n) is 5.70. The van der Waals surface area contributed by atoms with Crippen molar-refractivity contribution in [3.63, 3.8) is 0 Å². The number of aliphatic hydroxyl groups is 1. The molecule has 0 spiro atoms. The Kier molecular flexibility index (Phi) is 8.59. The molecule has 0 rings (SSSR count). The molecule has 17 heavy (non-hydrogen) atoms. The van der Waals surface area contributed by atoms with E-state index in [1.165, 1.54) is 0 Å². The van der Waals surface area contributed by atoms with Gasteiger partial charge in [0.1, 0.15) is 6.61 Å². The van der Waals surface area contributed by atoms with Gasteiger partial charge in [-0.1, -0.05) is 0 Å². The van der Waals surface area contributed by atoms with Crippen LogP contribution in [0.4, 0.5) is 8.78 Å². The van der Waals surface area contributed by atoms with E-state index in [0.717, 1.165) is 0 Å². The Bertz CT molecular complexity index is 186. The standard InChI is InChI=1S/C11H23F2NO3/c1-11(2,3)17-7-9(15)6-14-4-5-16-8-10(12)13/h9-10,14-15H,4-8H2,1-3H3. The number of hydrogen-bond donors (Lipinski definition) is 2. The molecule has 104 valence electrons. The first kappa shape index (κ1) is 16.7. The minimum atomic E-state index is -2.43. The molecule has 1 atom stereocenters. The van der Waals surface area contributed by atoms with Crippen molar-refractivity contribution in [2.45, 2.75) is 38.9 Å². The smallest absolute Gasteiger partial charge is 0.261 e. The molecule has 0 aromatic heterocycles. The molecule has 0 saturated heterocycles. The van der Waals surface area contributed by atoms with E-state index in [1.54, 1.807) is 0 Å². The summed E-state index contributed by atoms with van der Waals surface area (Å²) in [4.78, 5) is 0. The van der Waals surface area contributed by atoms with Gasteiger partial charge in [-0.3, -0.25) is 0 Å². The van der Waals surface area contributed by atoms with Gasteiger partial charge in [0.2, 0.25) is 0 Å². The third-order valence-corrected chi connectivity index (χ3v) is 1.76. The molecule has 2 N–H and O–H groups in total. The van der Waals surface area contributed by atoms with Crippen molar-refractivity contribution >= 4 is 0 Å². The van der Waals surface area contributed by atoms with E-state index in [4.69, 9.17) is 4.74 Å². The van der Waals surface area contributed by atoms with Gasteiger partial charge in [-0.25, -0.2) is 8.78 Å². The second-order valence-electron chi connectivity index (χ2n) is 4.75. The molecule has 0 bridgehead atoms. The molecular formula is C11H23F2NO3. The SMILES string of the molecule is CC(C)(C)OCC(O)CNCCOCC(F)F. The first-order chi connectivity index (χ1) is 7.81. The number of hydrogen-bond acceptors (Lipinski definition) is 4. The van der Waals surface area contributed by atoms with Crippen molar-refractivity contribution in [2.24, 2.45) is 0 Å². The molecule has 0 radical (unpaired) electrons. The second-order valence-corrected chi connectivity index (χ2v) is 4.75. The molecule has 4 nitrogen and oxygen atoms in total. The van der Waals surface area contributed by atoms with E-state index in [9.17, 15) is 13.9 Å². The van der Waals surface area contributed by atoms with Crippen molar-refractivity contribution < 1.29 is 23.4 Å². The van der Waals surface area contributed by atoms with Gasteiger partial charge in [0.05, 0.1) is 24.9 Å². The van der Waals surface area contributed by atoms with Crippen LogP contribution in [-0.2, 0) is 9.47 Å². The predicted octanol–water partition coefficient (Wildman–Crippen LogP) is 1.03. The predicted molar refractivity (Wildman–Crippen MR) is 61.4 cm³/mol. The summed E-state index contributed by atoms with van der Waals surface area (Å²) in [6, 6.07) is 0. The molecule has 0 amide bonds. The minimum absolute atomic E-state index is 0.206. The van der Waals surface area contributed by atoms with Gasteiger partial charge in [-0.05, 0) is 20.8 Å². The van der Waals surface area contributed by atoms with E-state index >= 15 is 0 Å². The highest BCUT2D eigenvalue weighted by molar-refractivity contribution is 4.63. The van der Waals surface area contributed by atoms with Crippen LogP contribution in [0.25, 0.3) is 0 Å². The van der Waals surface area contributed by atoms with Gasteiger partial charge in [0, 0.05) is 13.1 Å². The van der Waals surface area contributed by atoms with Crippen molar-refractivity contribution in [2.75, 3.05) is 32.9 Å². The van der Waals surface area contributed by atoms with Gasteiger partial charge in [-0.15, -0.1) is 0 Å². The fourth-order valence-electron chi connectivity index (χ4n) is 0.991. The Morgan fingerprint density at radius 2 is 1.88 bits per heavy atom. The normalized spacial score (nSPS) is 14.3. The molecule has 0 aliphatic heterocycles. The zero-order valence-electron chi connectivity index (χ0n) is 10.7. The van der Waals surface area contributed by atoms with Crippen LogP contribution in [0.15, 0.2) is 0 Å². The van der Waals surface area contributed by atoms with E-state index in [2.05, 4.69) is 10.1 Å². The van der Waals surface area contributed by atoms with Crippen LogP contribution in [0.3, 0.4) is 0 Å². The summed E-state index contributed by atoms with van der Waals surface area (Å²) in [6.45, 7) is 6.42. The summed E-state index contributed by atoms with van der Waals surface area (Å²) in [6.07, 6.45) is -3.04. The van der Waals surface area contributed by atoms with Crippen LogP contribution >= 0.6 is 0 Å². The summed E-state index contributed by atoms with van der Waals surface area (Å²) < 4.78 is 33.4. The zero-order chi connectivity index (χ0) is 13.3. The number of halogens is 2. The van der Waals surface area contributed by atoms with Crippen LogP contribution in [-0.4, -0.2) is 56.1 Å². The third-order valence-electron chi connectivity index (χ3n) is 1.76. The van der Waals surface area contributed by atoms with Gasteiger partial charge in [0.25, 0.3) is 6.43 Å². The number of nitrogens with one attached hydrogen (secondary N) is 1. The maximum Gasteiger partial charge on any atom is 0.261 e. The molecule has 0 aliphatic rings. The Morgan fingerprint density at radius 3 is 2.41 bits per heavy atom. The average molecular weight is 255 g/mol. The Labute approximate surface area is 101 Å². The summed E-state index contributed by atoms with van der Waals surface area (Å²) in [5, 5.41) is 12.4. The van der Waals surface area contributed by atoms with Crippen molar-refractivity contribution in [3.05, 3.63) is 0 Å². The summed E-state index contributed by atoms with van der Waals surface area (Å²) in [5.74, 6) is 0. The van der Waals surface area contributed by atoms with E-state index in [0.29, 0.717) is 13.1 Å². The molecule has 0 aliphatic carbocycles. The van der Waals surface area contributed by atoms with Crippen molar-refractivity contribution in [3.8, 4) is 0 Å². The van der Waals surface area contributed by atoms with Gasteiger partial charge < -0.3 is 19.9 Å². The lowest BCUT2D eigenvalue weighted by molar-refractivity contribution is -0.0483. The van der Waals surface area contributed by atoms with E-state index < -0.39 is 19.1 Å².